The molecule has 0 aliphatic carbocycles. The third-order valence-corrected chi connectivity index (χ3v) is 10.9. The van der Waals surface area contributed by atoms with Crippen molar-refractivity contribution in [3.8, 4) is 0 Å². The summed E-state index contributed by atoms with van der Waals surface area (Å²) in [5, 5.41) is 0. The Labute approximate surface area is 326 Å². The normalized spacial score (nSPS) is 18.7. The van der Waals surface area contributed by atoms with Crippen LogP contribution in [0.15, 0.2) is 48.6 Å². The second-order valence-corrected chi connectivity index (χ2v) is 17.3. The third-order valence-electron chi connectivity index (χ3n) is 10.9. The van der Waals surface area contributed by atoms with Crippen LogP contribution in [0, 0.1) is 17.3 Å². The number of hydrogen-bond donors (Lipinski definition) is 0. The SMILES string of the molecule is CCCCC/C=C\C/C=C\CCCCCCCCC(CCCCCCCC/C=C\C/C=C\CCCCC)COC1(C)OCC(C(C)(C)CC(C)C)O1. The zero-order valence-electron chi connectivity index (χ0n) is 36.1. The number of unbranched alkanes of at least 4 members (excludes halogenated alkanes) is 18. The molecule has 0 aromatic heterocycles. The molecule has 3 nitrogen and oxygen atoms in total. The Morgan fingerprint density at radius 2 is 1.00 bits per heavy atom. The molecule has 0 bridgehead atoms. The van der Waals surface area contributed by atoms with Gasteiger partial charge in [0.25, 0.3) is 5.97 Å². The maximum atomic E-state index is 6.48. The summed E-state index contributed by atoms with van der Waals surface area (Å²) in [5.74, 6) is 0.318. The smallest absolute Gasteiger partial charge is 0.280 e. The van der Waals surface area contributed by atoms with Crippen LogP contribution in [0.2, 0.25) is 0 Å². The summed E-state index contributed by atoms with van der Waals surface area (Å²) in [6, 6.07) is 0. The van der Waals surface area contributed by atoms with Crippen LogP contribution in [0.25, 0.3) is 0 Å². The molecular weight excluding hydrogens is 637 g/mol. The molecule has 0 N–H and O–H groups in total. The molecule has 0 radical (unpaired) electrons. The monoisotopic (exact) mass is 727 g/mol. The van der Waals surface area contributed by atoms with Gasteiger partial charge in [-0.15, -0.1) is 0 Å². The minimum atomic E-state index is -0.907. The molecule has 1 fully saturated rings. The first-order chi connectivity index (χ1) is 25.2. The molecule has 0 spiro atoms. The van der Waals surface area contributed by atoms with Gasteiger partial charge in [0, 0.05) is 6.92 Å². The highest BCUT2D eigenvalue weighted by atomic mass is 16.9. The van der Waals surface area contributed by atoms with Crippen LogP contribution in [0.5, 0.6) is 0 Å². The van der Waals surface area contributed by atoms with E-state index < -0.39 is 5.97 Å². The second-order valence-electron chi connectivity index (χ2n) is 17.3. The molecule has 52 heavy (non-hydrogen) atoms. The van der Waals surface area contributed by atoms with Crippen molar-refractivity contribution >= 4 is 0 Å². The topological polar surface area (TPSA) is 27.7 Å². The van der Waals surface area contributed by atoms with Gasteiger partial charge in [-0.3, -0.25) is 0 Å². The first-order valence-corrected chi connectivity index (χ1v) is 22.8. The Kier molecular flexibility index (Phi) is 31.2. The van der Waals surface area contributed by atoms with Crippen LogP contribution in [0.4, 0.5) is 0 Å². The fraction of sp³-hybridized carbons (Fsp3) is 0.837. The summed E-state index contributed by atoms with van der Waals surface area (Å²) in [6.07, 6.45) is 53.9. The maximum absolute atomic E-state index is 6.48. The third kappa shape index (κ3) is 28.3. The van der Waals surface area contributed by atoms with Gasteiger partial charge in [-0.25, -0.2) is 0 Å². The summed E-state index contributed by atoms with van der Waals surface area (Å²) in [6.45, 7) is 17.1. The van der Waals surface area contributed by atoms with E-state index >= 15 is 0 Å². The van der Waals surface area contributed by atoms with Gasteiger partial charge in [0.2, 0.25) is 0 Å². The van der Waals surface area contributed by atoms with E-state index in [-0.39, 0.29) is 11.5 Å². The molecule has 1 saturated heterocycles. The Hall–Kier alpha value is -1.16. The Morgan fingerprint density at radius 3 is 1.42 bits per heavy atom. The average Bonchev–Trinajstić information content (AvgIpc) is 3.52. The van der Waals surface area contributed by atoms with Gasteiger partial charge in [-0.2, -0.15) is 0 Å². The van der Waals surface area contributed by atoms with Crippen molar-refractivity contribution in [2.45, 2.75) is 234 Å². The first-order valence-electron chi connectivity index (χ1n) is 22.8. The molecule has 2 unspecified atom stereocenters. The summed E-state index contributed by atoms with van der Waals surface area (Å²) in [7, 11) is 0. The van der Waals surface area contributed by atoms with E-state index in [4.69, 9.17) is 14.2 Å². The van der Waals surface area contributed by atoms with Gasteiger partial charge in [0.15, 0.2) is 0 Å². The quantitative estimate of drug-likeness (QED) is 0.0475. The fourth-order valence-corrected chi connectivity index (χ4v) is 7.62. The van der Waals surface area contributed by atoms with Crippen molar-refractivity contribution in [3.05, 3.63) is 48.6 Å². The van der Waals surface area contributed by atoms with Gasteiger partial charge in [0.1, 0.15) is 0 Å². The summed E-state index contributed by atoms with van der Waals surface area (Å²) in [5.41, 5.74) is 0.0804. The number of ether oxygens (including phenoxy) is 3. The zero-order chi connectivity index (χ0) is 38.0. The molecular formula is C49H90O3. The molecule has 0 aromatic rings. The van der Waals surface area contributed by atoms with Gasteiger partial charge in [-0.05, 0) is 101 Å². The fourth-order valence-electron chi connectivity index (χ4n) is 7.62. The Bertz CT molecular complexity index is 850. The van der Waals surface area contributed by atoms with E-state index in [2.05, 4.69) is 90.2 Å². The van der Waals surface area contributed by atoms with E-state index in [1.807, 2.05) is 6.92 Å². The first kappa shape index (κ1) is 48.9. The molecule has 0 aromatic carbocycles. The predicted molar refractivity (Wildman–Crippen MR) is 230 cm³/mol. The van der Waals surface area contributed by atoms with Crippen molar-refractivity contribution in [3.63, 3.8) is 0 Å². The van der Waals surface area contributed by atoms with Gasteiger partial charge >= 0.3 is 0 Å². The van der Waals surface area contributed by atoms with Crippen LogP contribution >= 0.6 is 0 Å². The zero-order valence-corrected chi connectivity index (χ0v) is 36.1. The van der Waals surface area contributed by atoms with Crippen molar-refractivity contribution < 1.29 is 14.2 Å². The predicted octanol–water partition coefficient (Wildman–Crippen LogP) is 16.2. The summed E-state index contributed by atoms with van der Waals surface area (Å²) < 4.78 is 19.1. The van der Waals surface area contributed by atoms with Crippen LogP contribution < -0.4 is 0 Å². The molecule has 0 amide bonds. The van der Waals surface area contributed by atoms with Crippen LogP contribution in [-0.4, -0.2) is 25.3 Å². The van der Waals surface area contributed by atoms with Crippen LogP contribution in [0.1, 0.15) is 222 Å². The van der Waals surface area contributed by atoms with Crippen molar-refractivity contribution in [1.82, 2.24) is 0 Å². The van der Waals surface area contributed by atoms with Crippen molar-refractivity contribution in [2.75, 3.05) is 13.2 Å². The molecule has 3 heteroatoms. The summed E-state index contributed by atoms with van der Waals surface area (Å²) >= 11 is 0. The minimum absolute atomic E-state index is 0.0804. The minimum Gasteiger partial charge on any atom is -0.327 e. The lowest BCUT2D eigenvalue weighted by atomic mass is 9.79. The summed E-state index contributed by atoms with van der Waals surface area (Å²) in [4.78, 5) is 0. The molecule has 1 rings (SSSR count). The van der Waals surface area contributed by atoms with Gasteiger partial charge in [0.05, 0.1) is 19.3 Å². The van der Waals surface area contributed by atoms with Crippen molar-refractivity contribution in [1.29, 1.82) is 0 Å². The standard InChI is InChI=1S/C49H90O3/c1-8-10-12-14-16-18-20-22-24-26-28-30-32-34-36-38-40-46(43-50-49(7)51-44-47(52-49)48(5,6)42-45(3)4)41-39-37-35-33-31-29-27-25-23-21-19-17-15-13-11-9-2/h16-19,22-25,45-47H,8-15,20-21,26-44H2,1-7H3/b18-16-,19-17-,24-22-,25-23-. The Balaban J connectivity index is 2.33. The largest absolute Gasteiger partial charge is 0.327 e. The highest BCUT2D eigenvalue weighted by molar-refractivity contribution is 4.93. The average molecular weight is 727 g/mol. The van der Waals surface area contributed by atoms with E-state index in [1.165, 1.54) is 154 Å². The van der Waals surface area contributed by atoms with Crippen molar-refractivity contribution in [2.24, 2.45) is 17.3 Å². The lowest BCUT2D eigenvalue weighted by Crippen LogP contribution is -2.37. The highest BCUT2D eigenvalue weighted by Crippen LogP contribution is 2.39. The molecule has 1 heterocycles. The number of allylic oxidation sites excluding steroid dienone is 8. The molecule has 304 valence electrons. The van der Waals surface area contributed by atoms with Crippen LogP contribution in [-0.2, 0) is 14.2 Å². The van der Waals surface area contributed by atoms with Gasteiger partial charge < -0.3 is 14.2 Å². The lowest BCUT2D eigenvalue weighted by Gasteiger charge is -2.33. The van der Waals surface area contributed by atoms with E-state index in [1.54, 1.807) is 0 Å². The molecule has 0 saturated carbocycles. The number of hydrogen-bond acceptors (Lipinski definition) is 3. The van der Waals surface area contributed by atoms with Gasteiger partial charge in [-0.1, -0.05) is 180 Å². The number of rotatable bonds is 36. The Morgan fingerprint density at radius 1 is 0.596 bits per heavy atom. The molecule has 1 aliphatic rings. The molecule has 1 aliphatic heterocycles. The van der Waals surface area contributed by atoms with E-state index in [0.29, 0.717) is 18.4 Å². The van der Waals surface area contributed by atoms with Crippen LogP contribution in [0.3, 0.4) is 0 Å². The molecule has 2 atom stereocenters. The second kappa shape index (κ2) is 33.2. The lowest BCUT2D eigenvalue weighted by molar-refractivity contribution is -0.333. The van der Waals surface area contributed by atoms with E-state index in [0.717, 1.165) is 25.9 Å². The highest BCUT2D eigenvalue weighted by Gasteiger charge is 2.45. The maximum Gasteiger partial charge on any atom is 0.280 e. The van der Waals surface area contributed by atoms with E-state index in [9.17, 15) is 0 Å².